The van der Waals surface area contributed by atoms with Crippen LogP contribution in [0.15, 0.2) is 36.4 Å². The van der Waals surface area contributed by atoms with Gasteiger partial charge in [0.25, 0.3) is 5.91 Å². The lowest BCUT2D eigenvalue weighted by atomic mass is 10.1. The Morgan fingerprint density at radius 3 is 2.25 bits per heavy atom. The molecule has 0 spiro atoms. The van der Waals surface area contributed by atoms with Crippen molar-refractivity contribution in [3.8, 4) is 0 Å². The molecule has 2 rings (SSSR count). The first-order valence-corrected chi connectivity index (χ1v) is 6.53. The highest BCUT2D eigenvalue weighted by molar-refractivity contribution is 7.80. The molecular formula is C15H15N3OS. The van der Waals surface area contributed by atoms with Crippen molar-refractivity contribution in [3.05, 3.63) is 58.9 Å². The number of thiocarbonyl (C=S) groups is 1. The van der Waals surface area contributed by atoms with E-state index in [0.717, 1.165) is 17.0 Å². The number of carbonyl (C=O) groups is 1. The zero-order chi connectivity index (χ0) is 14.7. The zero-order valence-corrected chi connectivity index (χ0v) is 12.1. The van der Waals surface area contributed by atoms with Crippen LogP contribution in [-0.4, -0.2) is 15.9 Å². The van der Waals surface area contributed by atoms with Crippen LogP contribution in [0.3, 0.4) is 0 Å². The number of anilines is 1. The smallest absolute Gasteiger partial charge is 0.255 e. The summed E-state index contributed by atoms with van der Waals surface area (Å²) in [5.74, 6) is -0.187. The van der Waals surface area contributed by atoms with Gasteiger partial charge in [0.15, 0.2) is 0 Å². The molecule has 1 heterocycles. The molecule has 0 bridgehead atoms. The van der Waals surface area contributed by atoms with E-state index in [0.29, 0.717) is 16.2 Å². The number of pyridine rings is 1. The normalized spacial score (nSPS) is 10.1. The highest BCUT2D eigenvalue weighted by atomic mass is 32.1. The Balaban J connectivity index is 2.17. The number of rotatable bonds is 3. The van der Waals surface area contributed by atoms with Gasteiger partial charge in [-0.15, -0.1) is 0 Å². The number of hydrogen-bond donors (Lipinski definition) is 2. The van der Waals surface area contributed by atoms with Crippen molar-refractivity contribution in [1.29, 1.82) is 0 Å². The standard InChI is InChI=1S/C15H15N3OS/c1-9-3-8-13(10(2)17-9)18-15(19)12-6-4-11(5-7-12)14(16)20/h3-8H,1-2H3,(H2,16,20)(H,18,19). The fourth-order valence-electron chi connectivity index (χ4n) is 1.80. The SMILES string of the molecule is Cc1ccc(NC(=O)c2ccc(C(N)=S)cc2)c(C)n1. The summed E-state index contributed by atoms with van der Waals surface area (Å²) in [5, 5.41) is 2.84. The Hall–Kier alpha value is -2.27. The van der Waals surface area contributed by atoms with Crippen molar-refractivity contribution >= 4 is 28.8 Å². The van der Waals surface area contributed by atoms with Gasteiger partial charge in [-0.25, -0.2) is 0 Å². The number of nitrogens with two attached hydrogens (primary N) is 1. The van der Waals surface area contributed by atoms with Crippen molar-refractivity contribution in [2.45, 2.75) is 13.8 Å². The van der Waals surface area contributed by atoms with Gasteiger partial charge in [0.2, 0.25) is 0 Å². The molecule has 0 saturated heterocycles. The average Bonchev–Trinajstić information content (AvgIpc) is 2.42. The number of benzene rings is 1. The van der Waals surface area contributed by atoms with E-state index < -0.39 is 0 Å². The number of amides is 1. The van der Waals surface area contributed by atoms with Crippen LogP contribution in [0.25, 0.3) is 0 Å². The second kappa shape index (κ2) is 5.79. The van der Waals surface area contributed by atoms with Gasteiger partial charge in [-0.2, -0.15) is 0 Å². The van der Waals surface area contributed by atoms with E-state index in [1.807, 2.05) is 26.0 Å². The topological polar surface area (TPSA) is 68.0 Å². The Morgan fingerprint density at radius 1 is 1.10 bits per heavy atom. The minimum absolute atomic E-state index is 0.187. The van der Waals surface area contributed by atoms with Crippen molar-refractivity contribution in [2.24, 2.45) is 5.73 Å². The third-order valence-corrected chi connectivity index (χ3v) is 3.14. The maximum Gasteiger partial charge on any atom is 0.255 e. The second-order valence-corrected chi connectivity index (χ2v) is 4.92. The first kappa shape index (κ1) is 14.1. The highest BCUT2D eigenvalue weighted by Gasteiger charge is 2.08. The summed E-state index contributed by atoms with van der Waals surface area (Å²) < 4.78 is 0. The first-order chi connectivity index (χ1) is 9.47. The van der Waals surface area contributed by atoms with E-state index >= 15 is 0 Å². The molecule has 0 unspecified atom stereocenters. The molecule has 1 aromatic carbocycles. The van der Waals surface area contributed by atoms with Crippen LogP contribution < -0.4 is 11.1 Å². The number of nitrogens with zero attached hydrogens (tertiary/aromatic N) is 1. The Kier molecular flexibility index (Phi) is 4.10. The molecule has 0 atom stereocenters. The Labute approximate surface area is 123 Å². The van der Waals surface area contributed by atoms with Crippen molar-refractivity contribution < 1.29 is 4.79 Å². The van der Waals surface area contributed by atoms with Crippen LogP contribution in [0.5, 0.6) is 0 Å². The molecule has 2 aromatic rings. The molecule has 4 nitrogen and oxygen atoms in total. The fourth-order valence-corrected chi connectivity index (χ4v) is 1.94. The molecule has 0 aliphatic rings. The summed E-state index contributed by atoms with van der Waals surface area (Å²) >= 11 is 4.87. The molecule has 0 aliphatic heterocycles. The first-order valence-electron chi connectivity index (χ1n) is 6.13. The summed E-state index contributed by atoms with van der Waals surface area (Å²) in [4.78, 5) is 16.8. The maximum atomic E-state index is 12.1. The third kappa shape index (κ3) is 3.19. The molecule has 0 saturated carbocycles. The lowest BCUT2D eigenvalue weighted by molar-refractivity contribution is 0.102. The van der Waals surface area contributed by atoms with Crippen molar-refractivity contribution in [1.82, 2.24) is 4.98 Å². The number of aryl methyl sites for hydroxylation is 2. The van der Waals surface area contributed by atoms with Gasteiger partial charge in [0, 0.05) is 16.8 Å². The number of nitrogens with one attached hydrogen (secondary N) is 1. The minimum atomic E-state index is -0.187. The van der Waals surface area contributed by atoms with Crippen LogP contribution in [0, 0.1) is 13.8 Å². The molecule has 0 radical (unpaired) electrons. The second-order valence-electron chi connectivity index (χ2n) is 4.48. The summed E-state index contributed by atoms with van der Waals surface area (Å²) in [6.07, 6.45) is 0. The zero-order valence-electron chi connectivity index (χ0n) is 11.3. The average molecular weight is 285 g/mol. The summed E-state index contributed by atoms with van der Waals surface area (Å²) in [6.45, 7) is 3.77. The predicted octanol–water partition coefficient (Wildman–Crippen LogP) is 2.58. The molecule has 0 aliphatic carbocycles. The molecule has 1 amide bonds. The molecule has 0 fully saturated rings. The van der Waals surface area contributed by atoms with Gasteiger partial charge >= 0.3 is 0 Å². The van der Waals surface area contributed by atoms with Gasteiger partial charge in [0.1, 0.15) is 4.99 Å². The van der Waals surface area contributed by atoms with E-state index in [4.69, 9.17) is 18.0 Å². The lowest BCUT2D eigenvalue weighted by Gasteiger charge is -2.08. The van der Waals surface area contributed by atoms with E-state index in [1.54, 1.807) is 24.3 Å². The van der Waals surface area contributed by atoms with Crippen molar-refractivity contribution in [3.63, 3.8) is 0 Å². The quantitative estimate of drug-likeness (QED) is 0.851. The van der Waals surface area contributed by atoms with Crippen LogP contribution in [-0.2, 0) is 0 Å². The number of carbonyl (C=O) groups excluding carboxylic acids is 1. The molecule has 1 aromatic heterocycles. The molecular weight excluding hydrogens is 270 g/mol. The van der Waals surface area contributed by atoms with Gasteiger partial charge < -0.3 is 11.1 Å². The van der Waals surface area contributed by atoms with Crippen LogP contribution in [0.4, 0.5) is 5.69 Å². The van der Waals surface area contributed by atoms with Crippen LogP contribution in [0.1, 0.15) is 27.3 Å². The summed E-state index contributed by atoms with van der Waals surface area (Å²) in [5.41, 5.74) is 9.22. The molecule has 5 heteroatoms. The maximum absolute atomic E-state index is 12.1. The van der Waals surface area contributed by atoms with Crippen molar-refractivity contribution in [2.75, 3.05) is 5.32 Å². The largest absolute Gasteiger partial charge is 0.389 e. The monoisotopic (exact) mass is 285 g/mol. The van der Waals surface area contributed by atoms with Gasteiger partial charge in [0.05, 0.1) is 11.4 Å². The highest BCUT2D eigenvalue weighted by Crippen LogP contribution is 2.14. The van der Waals surface area contributed by atoms with Gasteiger partial charge in [-0.05, 0) is 38.1 Å². The van der Waals surface area contributed by atoms with Gasteiger partial charge in [-0.1, -0.05) is 24.4 Å². The molecule has 20 heavy (non-hydrogen) atoms. The van der Waals surface area contributed by atoms with E-state index in [2.05, 4.69) is 10.3 Å². The van der Waals surface area contributed by atoms with Gasteiger partial charge in [-0.3, -0.25) is 9.78 Å². The number of aromatic nitrogens is 1. The van der Waals surface area contributed by atoms with E-state index in [9.17, 15) is 4.79 Å². The Morgan fingerprint density at radius 2 is 1.70 bits per heavy atom. The fraction of sp³-hybridized carbons (Fsp3) is 0.133. The molecule has 3 N–H and O–H groups in total. The Bertz CT molecular complexity index is 665. The van der Waals surface area contributed by atoms with Crippen LogP contribution >= 0.6 is 12.2 Å². The van der Waals surface area contributed by atoms with E-state index in [1.165, 1.54) is 0 Å². The number of hydrogen-bond acceptors (Lipinski definition) is 3. The molecule has 102 valence electrons. The van der Waals surface area contributed by atoms with Crippen LogP contribution in [0.2, 0.25) is 0 Å². The summed E-state index contributed by atoms with van der Waals surface area (Å²) in [7, 11) is 0. The third-order valence-electron chi connectivity index (χ3n) is 2.90. The predicted molar refractivity (Wildman–Crippen MR) is 84.0 cm³/mol. The minimum Gasteiger partial charge on any atom is -0.389 e. The lowest BCUT2D eigenvalue weighted by Crippen LogP contribution is -2.14. The van der Waals surface area contributed by atoms with E-state index in [-0.39, 0.29) is 5.91 Å². The summed E-state index contributed by atoms with van der Waals surface area (Å²) in [6, 6.07) is 10.6.